The van der Waals surface area contributed by atoms with Gasteiger partial charge in [0.1, 0.15) is 11.6 Å². The van der Waals surface area contributed by atoms with E-state index in [2.05, 4.69) is 10.2 Å². The molecule has 3 aromatic rings. The third kappa shape index (κ3) is 3.65. The van der Waals surface area contributed by atoms with Crippen LogP contribution in [0.5, 0.6) is 0 Å². The number of hydrogen-bond acceptors (Lipinski definition) is 4. The predicted octanol–water partition coefficient (Wildman–Crippen LogP) is 4.04. The van der Waals surface area contributed by atoms with Crippen molar-refractivity contribution in [3.8, 4) is 11.5 Å². The zero-order valence-corrected chi connectivity index (χ0v) is 13.2. The van der Waals surface area contributed by atoms with Gasteiger partial charge in [0.25, 0.3) is 0 Å². The van der Waals surface area contributed by atoms with E-state index in [9.17, 15) is 8.78 Å². The summed E-state index contributed by atoms with van der Waals surface area (Å²) in [6.45, 7) is 2.96. The first-order valence-electron chi connectivity index (χ1n) is 7.70. The molecule has 0 saturated carbocycles. The maximum atomic E-state index is 13.8. The summed E-state index contributed by atoms with van der Waals surface area (Å²) in [6, 6.07) is 13.3. The number of halogens is 2. The van der Waals surface area contributed by atoms with Gasteiger partial charge < -0.3 is 4.42 Å². The molecule has 6 heteroatoms. The fourth-order valence-electron chi connectivity index (χ4n) is 2.39. The van der Waals surface area contributed by atoms with Crippen molar-refractivity contribution in [1.29, 1.82) is 0 Å². The second kappa shape index (κ2) is 7.31. The molecule has 0 atom stereocenters. The highest BCUT2D eigenvalue weighted by molar-refractivity contribution is 5.51. The third-order valence-electron chi connectivity index (χ3n) is 3.74. The molecule has 1 aromatic heterocycles. The minimum Gasteiger partial charge on any atom is -0.419 e. The Hall–Kier alpha value is -2.60. The Morgan fingerprint density at radius 2 is 1.62 bits per heavy atom. The molecule has 0 N–H and O–H groups in total. The number of benzene rings is 2. The lowest BCUT2D eigenvalue weighted by atomic mass is 10.2. The summed E-state index contributed by atoms with van der Waals surface area (Å²) >= 11 is 0. The van der Waals surface area contributed by atoms with Crippen LogP contribution < -0.4 is 0 Å². The number of rotatable bonds is 6. The molecule has 0 amide bonds. The van der Waals surface area contributed by atoms with Crippen LogP contribution in [0.3, 0.4) is 0 Å². The molecule has 24 heavy (non-hydrogen) atoms. The summed E-state index contributed by atoms with van der Waals surface area (Å²) in [4.78, 5) is 1.84. The van der Waals surface area contributed by atoms with Crippen LogP contribution in [0.1, 0.15) is 18.4 Å². The van der Waals surface area contributed by atoms with Gasteiger partial charge in [-0.1, -0.05) is 31.2 Å². The van der Waals surface area contributed by atoms with Crippen LogP contribution in [0.4, 0.5) is 8.78 Å². The van der Waals surface area contributed by atoms with Gasteiger partial charge in [-0.15, -0.1) is 10.2 Å². The first-order valence-corrected chi connectivity index (χ1v) is 7.70. The molecule has 0 fully saturated rings. The Kier molecular flexibility index (Phi) is 4.96. The van der Waals surface area contributed by atoms with Gasteiger partial charge in [-0.25, -0.2) is 8.78 Å². The molecule has 0 unspecified atom stereocenters. The van der Waals surface area contributed by atoms with Gasteiger partial charge in [-0.05, 0) is 30.8 Å². The predicted molar refractivity (Wildman–Crippen MR) is 85.9 cm³/mol. The van der Waals surface area contributed by atoms with Gasteiger partial charge in [0.2, 0.25) is 11.8 Å². The summed E-state index contributed by atoms with van der Waals surface area (Å²) in [5.74, 6) is -0.265. The average molecular weight is 329 g/mol. The normalized spacial score (nSPS) is 11.2. The van der Waals surface area contributed by atoms with E-state index in [1.807, 2.05) is 42.2 Å². The zero-order chi connectivity index (χ0) is 16.9. The quantitative estimate of drug-likeness (QED) is 0.684. The molecule has 4 nitrogen and oxygen atoms in total. The fraction of sp³-hybridized carbons (Fsp3) is 0.222. The number of nitrogens with zero attached hydrogens (tertiary/aromatic N) is 3. The number of aromatic nitrogens is 2. The number of hydrogen-bond donors (Lipinski definition) is 0. The Labute approximate surface area is 138 Å². The first-order chi connectivity index (χ1) is 11.7. The van der Waals surface area contributed by atoms with Crippen LogP contribution in [0.2, 0.25) is 0 Å². The lowest BCUT2D eigenvalue weighted by Gasteiger charge is -2.19. The molecule has 0 aliphatic rings. The molecular weight excluding hydrogens is 312 g/mol. The topological polar surface area (TPSA) is 42.2 Å². The lowest BCUT2D eigenvalue weighted by Crippen LogP contribution is -2.23. The summed E-state index contributed by atoms with van der Waals surface area (Å²) < 4.78 is 33.2. The minimum atomic E-state index is -0.552. The van der Waals surface area contributed by atoms with E-state index in [1.54, 1.807) is 0 Å². The maximum absolute atomic E-state index is 13.8. The molecule has 3 rings (SSSR count). The van der Waals surface area contributed by atoms with Gasteiger partial charge in [0.05, 0.1) is 6.54 Å². The van der Waals surface area contributed by atoms with Crippen LogP contribution >= 0.6 is 0 Å². The molecule has 2 aromatic carbocycles. The van der Waals surface area contributed by atoms with Gasteiger partial charge >= 0.3 is 0 Å². The Bertz CT molecular complexity index is 785. The van der Waals surface area contributed by atoms with Crippen LogP contribution in [-0.4, -0.2) is 21.6 Å². The Morgan fingerprint density at radius 1 is 0.917 bits per heavy atom. The van der Waals surface area contributed by atoms with E-state index < -0.39 is 11.6 Å². The summed E-state index contributed by atoms with van der Waals surface area (Å²) in [7, 11) is 0. The summed E-state index contributed by atoms with van der Waals surface area (Å²) in [6.07, 6.45) is 0. The lowest BCUT2D eigenvalue weighted by molar-refractivity contribution is 0.237. The van der Waals surface area contributed by atoms with Crippen LogP contribution in [-0.2, 0) is 13.1 Å². The van der Waals surface area contributed by atoms with E-state index in [-0.39, 0.29) is 12.1 Å². The monoisotopic (exact) mass is 329 g/mol. The van der Waals surface area contributed by atoms with Crippen molar-refractivity contribution >= 4 is 0 Å². The van der Waals surface area contributed by atoms with Crippen molar-refractivity contribution in [2.75, 3.05) is 6.54 Å². The maximum Gasteiger partial charge on any atom is 0.247 e. The highest BCUT2D eigenvalue weighted by Crippen LogP contribution is 2.19. The molecule has 0 bridgehead atoms. The van der Waals surface area contributed by atoms with Gasteiger partial charge in [-0.2, -0.15) is 0 Å². The van der Waals surface area contributed by atoms with Gasteiger partial charge in [0.15, 0.2) is 0 Å². The molecular formula is C18H17F2N3O. The van der Waals surface area contributed by atoms with E-state index in [1.165, 1.54) is 18.2 Å². The summed E-state index contributed by atoms with van der Waals surface area (Å²) in [5.41, 5.74) is 0.876. The smallest absolute Gasteiger partial charge is 0.247 e. The van der Waals surface area contributed by atoms with Crippen LogP contribution in [0.25, 0.3) is 11.5 Å². The standard InChI is InChI=1S/C18H17F2N3O/c1-2-23(11-14-15(19)9-6-10-16(14)20)12-17-21-22-18(24-17)13-7-4-3-5-8-13/h3-10H,2,11-12H2,1H3. The second-order valence-corrected chi connectivity index (χ2v) is 5.37. The van der Waals surface area contributed by atoms with Crippen molar-refractivity contribution in [2.24, 2.45) is 0 Å². The second-order valence-electron chi connectivity index (χ2n) is 5.37. The van der Waals surface area contributed by atoms with Crippen LogP contribution in [0, 0.1) is 11.6 Å². The van der Waals surface area contributed by atoms with E-state index in [4.69, 9.17) is 4.42 Å². The molecule has 0 aliphatic heterocycles. The van der Waals surface area contributed by atoms with E-state index in [0.29, 0.717) is 24.9 Å². The van der Waals surface area contributed by atoms with Crippen LogP contribution in [0.15, 0.2) is 52.9 Å². The average Bonchev–Trinajstić information content (AvgIpc) is 3.06. The minimum absolute atomic E-state index is 0.0437. The highest BCUT2D eigenvalue weighted by atomic mass is 19.1. The molecule has 0 saturated heterocycles. The third-order valence-corrected chi connectivity index (χ3v) is 3.74. The van der Waals surface area contributed by atoms with Crippen molar-refractivity contribution in [1.82, 2.24) is 15.1 Å². The molecule has 1 heterocycles. The van der Waals surface area contributed by atoms with Gasteiger partial charge in [0, 0.05) is 17.7 Å². The Balaban J connectivity index is 1.73. The van der Waals surface area contributed by atoms with E-state index >= 15 is 0 Å². The van der Waals surface area contributed by atoms with Crippen molar-refractivity contribution in [2.45, 2.75) is 20.0 Å². The summed E-state index contributed by atoms with van der Waals surface area (Å²) in [5, 5.41) is 8.05. The largest absolute Gasteiger partial charge is 0.419 e. The first kappa shape index (κ1) is 16.3. The van der Waals surface area contributed by atoms with E-state index in [0.717, 1.165) is 5.56 Å². The van der Waals surface area contributed by atoms with Crippen molar-refractivity contribution < 1.29 is 13.2 Å². The molecule has 124 valence electrons. The Morgan fingerprint density at radius 3 is 2.29 bits per heavy atom. The molecule has 0 aliphatic carbocycles. The fourth-order valence-corrected chi connectivity index (χ4v) is 2.39. The van der Waals surface area contributed by atoms with Crippen molar-refractivity contribution in [3.63, 3.8) is 0 Å². The molecule has 0 spiro atoms. The SMILES string of the molecule is CCN(Cc1nnc(-c2ccccc2)o1)Cc1c(F)cccc1F. The highest BCUT2D eigenvalue weighted by Gasteiger charge is 2.16. The molecule has 0 radical (unpaired) electrons. The van der Waals surface area contributed by atoms with Gasteiger partial charge in [-0.3, -0.25) is 4.90 Å². The van der Waals surface area contributed by atoms with Crippen molar-refractivity contribution in [3.05, 3.63) is 71.6 Å². The zero-order valence-electron chi connectivity index (χ0n) is 13.2.